The molecular formula is C6H7FN2Xe. The van der Waals surface area contributed by atoms with E-state index >= 15 is 0 Å². The first kappa shape index (κ1) is 10.5. The van der Waals surface area contributed by atoms with Crippen LogP contribution in [0.5, 0.6) is 0 Å². The van der Waals surface area contributed by atoms with Gasteiger partial charge in [-0.15, -0.1) is 0 Å². The molecule has 0 radical (unpaired) electrons. The molecule has 1 rings (SSSR count). The number of rotatable bonds is 1. The summed E-state index contributed by atoms with van der Waals surface area (Å²) in [5.74, 6) is -0.263. The summed E-state index contributed by atoms with van der Waals surface area (Å²) in [6.07, 6.45) is 2.97. The maximum Gasteiger partial charge on any atom is 0.149 e. The number of aromatic amines is 1. The van der Waals surface area contributed by atoms with Crippen LogP contribution < -0.4 is 0 Å². The van der Waals surface area contributed by atoms with Gasteiger partial charge in [0.2, 0.25) is 0 Å². The minimum absolute atomic E-state index is 0. The Morgan fingerprint density at radius 3 is 2.80 bits per heavy atom. The van der Waals surface area contributed by atoms with Crippen LogP contribution in [0.15, 0.2) is 17.3 Å². The molecule has 2 nitrogen and oxygen atoms in total. The van der Waals surface area contributed by atoms with E-state index < -0.39 is 0 Å². The summed E-state index contributed by atoms with van der Waals surface area (Å²) in [7, 11) is 1.60. The molecule has 0 fully saturated rings. The number of halogens is 1. The molecule has 4 heteroatoms. The second-order valence-electron chi connectivity index (χ2n) is 1.63. The van der Waals surface area contributed by atoms with E-state index in [1.165, 1.54) is 18.5 Å². The first-order valence-corrected chi connectivity index (χ1v) is 2.59. The van der Waals surface area contributed by atoms with Gasteiger partial charge in [0.1, 0.15) is 5.82 Å². The van der Waals surface area contributed by atoms with E-state index in [2.05, 4.69) is 9.98 Å². The first-order chi connectivity index (χ1) is 4.34. The van der Waals surface area contributed by atoms with Crippen LogP contribution >= 0.6 is 0 Å². The van der Waals surface area contributed by atoms with Crippen molar-refractivity contribution in [2.75, 3.05) is 7.05 Å². The van der Waals surface area contributed by atoms with Gasteiger partial charge in [-0.1, -0.05) is 0 Å². The maximum atomic E-state index is 12.4. The Labute approximate surface area is 99.0 Å². The Hall–Kier alpha value is 0.451. The summed E-state index contributed by atoms with van der Waals surface area (Å²) in [6, 6.07) is 1.36. The van der Waals surface area contributed by atoms with Gasteiger partial charge < -0.3 is 4.98 Å². The van der Waals surface area contributed by atoms with Crippen LogP contribution in [0.1, 0.15) is 5.69 Å². The Morgan fingerprint density at radius 1 is 1.70 bits per heavy atom. The van der Waals surface area contributed by atoms with Gasteiger partial charge in [0, 0.05) is 68.3 Å². The molecule has 0 saturated carbocycles. The van der Waals surface area contributed by atoms with E-state index in [0.717, 1.165) is 0 Å². The first-order valence-electron chi connectivity index (χ1n) is 2.59. The number of nitrogens with one attached hydrogen (secondary N) is 1. The topological polar surface area (TPSA) is 28.1 Å². The van der Waals surface area contributed by atoms with Crippen molar-refractivity contribution in [2.24, 2.45) is 4.99 Å². The fraction of sp³-hybridized carbons (Fsp3) is 0.167. The number of H-pyrrole nitrogens is 1. The van der Waals surface area contributed by atoms with Crippen molar-refractivity contribution in [3.8, 4) is 0 Å². The zero-order valence-corrected chi connectivity index (χ0v) is 7.43. The molecule has 1 N–H and O–H groups in total. The van der Waals surface area contributed by atoms with Gasteiger partial charge in [0.25, 0.3) is 0 Å². The third-order valence-electron chi connectivity index (χ3n) is 0.984. The number of aromatic nitrogens is 1. The minimum atomic E-state index is -0.263. The largest absolute Gasteiger partial charge is 0.358 e. The summed E-state index contributed by atoms with van der Waals surface area (Å²) >= 11 is 0. The summed E-state index contributed by atoms with van der Waals surface area (Å²) < 4.78 is 12.4. The second kappa shape index (κ2) is 5.15. The molecule has 0 saturated heterocycles. The molecule has 0 aliphatic rings. The molecule has 0 bridgehead atoms. The molecule has 1 aromatic rings. The van der Waals surface area contributed by atoms with E-state index in [4.69, 9.17) is 0 Å². The Kier molecular flexibility index (Phi) is 5.38. The predicted octanol–water partition coefficient (Wildman–Crippen LogP) is 1.20. The average Bonchev–Trinajstić information content (AvgIpc) is 2.18. The number of hydrogen-bond acceptors (Lipinski definition) is 1. The smallest absolute Gasteiger partial charge is 0.149 e. The molecule has 0 aliphatic heterocycles. The van der Waals surface area contributed by atoms with Crippen molar-refractivity contribution >= 4 is 6.21 Å². The summed E-state index contributed by atoms with van der Waals surface area (Å²) in [5, 5.41) is 0. The zero-order valence-electron chi connectivity index (χ0n) is 5.41. The molecule has 0 aliphatic carbocycles. The van der Waals surface area contributed by atoms with Crippen molar-refractivity contribution in [3.05, 3.63) is 23.8 Å². The Balaban J connectivity index is 0.000000810. The monoisotopic (exact) mass is 258 g/mol. The fourth-order valence-electron chi connectivity index (χ4n) is 0.591. The average molecular weight is 257 g/mol. The van der Waals surface area contributed by atoms with E-state index in [1.54, 1.807) is 7.05 Å². The molecule has 0 aromatic carbocycles. The van der Waals surface area contributed by atoms with E-state index in [0.29, 0.717) is 5.69 Å². The molecule has 10 heavy (non-hydrogen) atoms. The third-order valence-corrected chi connectivity index (χ3v) is 0.984. The van der Waals surface area contributed by atoms with E-state index in [-0.39, 0.29) is 54.7 Å². The van der Waals surface area contributed by atoms with Crippen molar-refractivity contribution < 1.29 is 53.3 Å². The van der Waals surface area contributed by atoms with E-state index in [9.17, 15) is 4.39 Å². The molecule has 0 atom stereocenters. The van der Waals surface area contributed by atoms with Crippen LogP contribution in [-0.4, -0.2) is 18.2 Å². The van der Waals surface area contributed by atoms with Gasteiger partial charge >= 0.3 is 0 Å². The number of hydrogen-bond donors (Lipinski definition) is 1. The summed E-state index contributed by atoms with van der Waals surface area (Å²) in [5.41, 5.74) is 0.428. The van der Waals surface area contributed by atoms with Crippen LogP contribution in [0.3, 0.4) is 0 Å². The van der Waals surface area contributed by atoms with Crippen molar-refractivity contribution in [1.29, 1.82) is 0 Å². The SMILES string of the molecule is CN=Cc1[nH]ccc1F.[Xe]. The number of nitrogens with zero attached hydrogens (tertiary/aromatic N) is 1. The van der Waals surface area contributed by atoms with Crippen LogP contribution in [-0.2, 0) is 0 Å². The second-order valence-corrected chi connectivity index (χ2v) is 1.63. The quantitative estimate of drug-likeness (QED) is 0.733. The maximum absolute atomic E-state index is 12.4. The van der Waals surface area contributed by atoms with Crippen molar-refractivity contribution in [3.63, 3.8) is 0 Å². The molecule has 1 aromatic heterocycles. The van der Waals surface area contributed by atoms with Gasteiger partial charge in [-0.25, -0.2) is 4.39 Å². The van der Waals surface area contributed by atoms with Gasteiger partial charge in [0.15, 0.2) is 0 Å². The van der Waals surface area contributed by atoms with Gasteiger partial charge in [-0.2, -0.15) is 0 Å². The summed E-state index contributed by atoms with van der Waals surface area (Å²) in [6.45, 7) is 0. The van der Waals surface area contributed by atoms with Crippen molar-refractivity contribution in [1.82, 2.24) is 4.98 Å². The molecular weight excluding hydrogens is 250 g/mol. The van der Waals surface area contributed by atoms with Crippen LogP contribution in [0.2, 0.25) is 0 Å². The fourth-order valence-corrected chi connectivity index (χ4v) is 0.591. The normalized spacial score (nSPS) is 9.80. The molecule has 0 spiro atoms. The zero-order chi connectivity index (χ0) is 6.69. The predicted molar refractivity (Wildman–Crippen MR) is 34.3 cm³/mol. The molecule has 0 unspecified atom stereocenters. The standard InChI is InChI=1S/C6H7FN2.Xe/c1-8-4-6-5(7)2-3-9-6;/h2-4,9H,1H3;. The minimum Gasteiger partial charge on any atom is -0.358 e. The molecule has 0 amide bonds. The third kappa shape index (κ3) is 2.59. The summed E-state index contributed by atoms with van der Waals surface area (Å²) in [4.78, 5) is 6.32. The molecule has 56 valence electrons. The Bertz CT molecular complexity index is 219. The number of aliphatic imine (C=N–C) groups is 1. The van der Waals surface area contributed by atoms with Crippen LogP contribution in [0, 0.1) is 54.7 Å². The van der Waals surface area contributed by atoms with E-state index in [1.807, 2.05) is 0 Å². The van der Waals surface area contributed by atoms with Crippen LogP contribution in [0.4, 0.5) is 4.39 Å². The van der Waals surface area contributed by atoms with Crippen LogP contribution in [0.25, 0.3) is 0 Å². The molecule has 1 heterocycles. The van der Waals surface area contributed by atoms with Gasteiger partial charge in [-0.3, -0.25) is 4.99 Å². The van der Waals surface area contributed by atoms with Gasteiger partial charge in [-0.05, 0) is 6.07 Å². The Morgan fingerprint density at radius 2 is 2.40 bits per heavy atom. The van der Waals surface area contributed by atoms with Gasteiger partial charge in [0.05, 0.1) is 5.69 Å². The van der Waals surface area contributed by atoms with Crippen molar-refractivity contribution in [2.45, 2.75) is 0 Å².